The highest BCUT2D eigenvalue weighted by Gasteiger charge is 2.11. The molecule has 0 unspecified atom stereocenters. The molecular weight excluding hydrogens is 170 g/mol. The average molecular weight is 183 g/mol. The smallest absolute Gasteiger partial charge is 0.320 e. The number of carbonyl (C=O) groups is 1. The topological polar surface area (TPSA) is 83.5 Å². The third-order valence-corrected chi connectivity index (χ3v) is 1.65. The molecule has 4 N–H and O–H groups in total. The number of phenolic OH excluding ortho intramolecular Hbond substituents is 1. The zero-order chi connectivity index (χ0) is 11.4. The molecule has 4 nitrogen and oxygen atoms in total. The van der Waals surface area contributed by atoms with Gasteiger partial charge in [-0.15, -0.1) is 0 Å². The normalized spacial score (nSPS) is 14.8. The van der Waals surface area contributed by atoms with Crippen LogP contribution in [0.5, 0.6) is 5.75 Å². The van der Waals surface area contributed by atoms with Gasteiger partial charge in [0.2, 0.25) is 0 Å². The zero-order valence-corrected chi connectivity index (χ0v) is 6.84. The van der Waals surface area contributed by atoms with Crippen molar-refractivity contribution in [1.29, 1.82) is 0 Å². The van der Waals surface area contributed by atoms with Gasteiger partial charge in [-0.3, -0.25) is 4.79 Å². The molecule has 1 rings (SSSR count). The summed E-state index contributed by atoms with van der Waals surface area (Å²) in [6.45, 7) is 0. The monoisotopic (exact) mass is 183 g/mol. The molecule has 1 aromatic carbocycles. The van der Waals surface area contributed by atoms with Crippen molar-refractivity contribution >= 4 is 5.97 Å². The van der Waals surface area contributed by atoms with Crippen LogP contribution in [-0.2, 0) is 11.2 Å². The molecule has 1 atom stereocenters. The van der Waals surface area contributed by atoms with E-state index < -0.39 is 12.0 Å². The summed E-state index contributed by atoms with van der Waals surface area (Å²) in [4.78, 5) is 10.7. The largest absolute Gasteiger partial charge is 0.508 e. The maximum atomic E-state index is 10.7. The van der Waals surface area contributed by atoms with Gasteiger partial charge in [-0.1, -0.05) is 12.1 Å². The van der Waals surface area contributed by atoms with E-state index in [4.69, 9.17) is 13.0 Å². The third kappa shape index (κ3) is 2.76. The molecule has 0 saturated carbocycles. The van der Waals surface area contributed by atoms with Crippen LogP contribution in [0, 0.1) is 0 Å². The van der Waals surface area contributed by atoms with Gasteiger partial charge in [0.25, 0.3) is 0 Å². The van der Waals surface area contributed by atoms with Crippen LogP contribution in [0.25, 0.3) is 0 Å². The molecule has 13 heavy (non-hydrogen) atoms. The summed E-state index contributed by atoms with van der Waals surface area (Å²) in [5.41, 5.74) is 0.819. The highest BCUT2D eigenvalue weighted by atomic mass is 16.4. The SMILES string of the molecule is [2H]N([2H])[C@H](Cc1ccc(O)cc1)C(=O)O. The van der Waals surface area contributed by atoms with Crippen LogP contribution in [0.1, 0.15) is 5.56 Å². The van der Waals surface area contributed by atoms with E-state index >= 15 is 0 Å². The van der Waals surface area contributed by atoms with Crippen molar-refractivity contribution in [3.63, 3.8) is 0 Å². The first-order chi connectivity index (χ1) is 7.00. The van der Waals surface area contributed by atoms with Gasteiger partial charge in [0.05, 0.1) is 0 Å². The summed E-state index contributed by atoms with van der Waals surface area (Å²) in [6.07, 6.45) is 0.0581. The van der Waals surface area contributed by atoms with Gasteiger partial charge >= 0.3 is 5.97 Å². The van der Waals surface area contributed by atoms with Crippen LogP contribution >= 0.6 is 0 Å². The molecule has 0 aliphatic rings. The van der Waals surface area contributed by atoms with Gasteiger partial charge in [-0.2, -0.15) is 0 Å². The first-order valence-electron chi connectivity index (χ1n) is 4.68. The summed E-state index contributed by atoms with van der Waals surface area (Å²) in [6, 6.07) is 4.80. The van der Waals surface area contributed by atoms with Crippen molar-refractivity contribution in [2.45, 2.75) is 12.5 Å². The summed E-state index contributed by atoms with van der Waals surface area (Å²) >= 11 is 0. The molecule has 0 fully saturated rings. The Morgan fingerprint density at radius 3 is 2.62 bits per heavy atom. The number of carboxylic acid groups (broad SMARTS) is 1. The van der Waals surface area contributed by atoms with Crippen molar-refractivity contribution in [2.24, 2.45) is 5.72 Å². The minimum Gasteiger partial charge on any atom is -0.508 e. The summed E-state index contributed by atoms with van der Waals surface area (Å²) in [5.74, 6) is -1.12. The molecule has 0 bridgehead atoms. The van der Waals surface area contributed by atoms with Crippen molar-refractivity contribution in [3.8, 4) is 5.75 Å². The molecule has 1 aromatic rings. The van der Waals surface area contributed by atoms with E-state index in [0.29, 0.717) is 5.56 Å². The van der Waals surface area contributed by atoms with Gasteiger partial charge < -0.3 is 15.9 Å². The average Bonchev–Trinajstić information content (AvgIpc) is 2.15. The van der Waals surface area contributed by atoms with Gasteiger partial charge in [0.1, 0.15) is 14.6 Å². The molecule has 0 radical (unpaired) electrons. The van der Waals surface area contributed by atoms with Crippen LogP contribution in [0.15, 0.2) is 24.3 Å². The molecule has 0 aromatic heterocycles. The molecule has 0 aliphatic carbocycles. The van der Waals surface area contributed by atoms with E-state index in [1.54, 1.807) is 12.1 Å². The summed E-state index contributed by atoms with van der Waals surface area (Å²) < 4.78 is 13.9. The highest BCUT2D eigenvalue weighted by molar-refractivity contribution is 5.73. The van der Waals surface area contributed by atoms with E-state index in [2.05, 4.69) is 0 Å². The fraction of sp³-hybridized carbons (Fsp3) is 0.222. The predicted molar refractivity (Wildman–Crippen MR) is 47.4 cm³/mol. The minimum absolute atomic E-state index is 0.0581. The lowest BCUT2D eigenvalue weighted by Crippen LogP contribution is -2.32. The zero-order valence-electron chi connectivity index (χ0n) is 8.84. The first-order valence-corrected chi connectivity index (χ1v) is 3.78. The number of aromatic hydroxyl groups is 1. The van der Waals surface area contributed by atoms with Crippen LogP contribution in [0.3, 0.4) is 0 Å². The number of carboxylic acids is 1. The fourth-order valence-corrected chi connectivity index (χ4v) is 0.943. The Balaban J connectivity index is 2.74. The maximum Gasteiger partial charge on any atom is 0.320 e. The predicted octanol–water partition coefficient (Wildman–Crippen LogP) is 0.347. The van der Waals surface area contributed by atoms with Crippen LogP contribution in [0.4, 0.5) is 0 Å². The lowest BCUT2D eigenvalue weighted by Gasteiger charge is -2.05. The van der Waals surface area contributed by atoms with E-state index in [-0.39, 0.29) is 17.9 Å². The molecule has 0 aliphatic heterocycles. The fourth-order valence-electron chi connectivity index (χ4n) is 0.943. The van der Waals surface area contributed by atoms with Gasteiger partial charge in [0.15, 0.2) is 0 Å². The van der Waals surface area contributed by atoms with Gasteiger partial charge in [-0.25, -0.2) is 0 Å². The lowest BCUT2D eigenvalue weighted by atomic mass is 10.1. The van der Waals surface area contributed by atoms with E-state index in [1.807, 2.05) is 0 Å². The Morgan fingerprint density at radius 2 is 2.15 bits per heavy atom. The van der Waals surface area contributed by atoms with Crippen molar-refractivity contribution in [2.75, 3.05) is 0 Å². The molecule has 4 heteroatoms. The number of hydrogen-bond donors (Lipinski definition) is 3. The second kappa shape index (κ2) is 3.91. The lowest BCUT2D eigenvalue weighted by molar-refractivity contribution is -0.138. The summed E-state index contributed by atoms with van der Waals surface area (Å²) in [5, 5.41) is 17.7. The first kappa shape index (κ1) is 6.91. The second-order valence-corrected chi connectivity index (χ2v) is 2.72. The maximum absolute atomic E-state index is 10.7. The minimum atomic E-state index is -1.21. The Kier molecular flexibility index (Phi) is 2.08. The van der Waals surface area contributed by atoms with Crippen LogP contribution in [-0.4, -0.2) is 22.2 Å². The molecule has 70 valence electrons. The molecule has 0 amide bonds. The quantitative estimate of drug-likeness (QED) is 0.628. The van der Waals surface area contributed by atoms with Crippen molar-refractivity contribution in [3.05, 3.63) is 29.8 Å². The standard InChI is InChI=1S/C9H11NO3/c10-8(9(12)13)5-6-1-3-7(11)4-2-6/h1-4,8,11H,5,10H2,(H,12,13)/t8-/m1/s1/i/hD2. The number of benzene rings is 1. The highest BCUT2D eigenvalue weighted by Crippen LogP contribution is 2.10. The van der Waals surface area contributed by atoms with Crippen molar-refractivity contribution < 1.29 is 17.8 Å². The number of rotatable bonds is 4. The Bertz CT molecular complexity index is 340. The van der Waals surface area contributed by atoms with E-state index in [9.17, 15) is 4.79 Å². The second-order valence-electron chi connectivity index (χ2n) is 2.72. The van der Waals surface area contributed by atoms with Gasteiger partial charge in [0, 0.05) is 0 Å². The van der Waals surface area contributed by atoms with E-state index in [0.717, 1.165) is 0 Å². The number of aliphatic carboxylic acids is 1. The van der Waals surface area contributed by atoms with Crippen LogP contribution in [0.2, 0.25) is 2.82 Å². The Hall–Kier alpha value is -1.55. The van der Waals surface area contributed by atoms with Crippen molar-refractivity contribution in [1.82, 2.24) is 0 Å². The molecule has 0 spiro atoms. The Morgan fingerprint density at radius 1 is 1.54 bits per heavy atom. The Labute approximate surface area is 78.5 Å². The number of phenols is 1. The summed E-state index contributed by atoms with van der Waals surface area (Å²) in [7, 11) is 0. The molecule has 0 saturated heterocycles. The van der Waals surface area contributed by atoms with E-state index in [1.165, 1.54) is 12.1 Å². The molecule has 0 heterocycles. The number of nitrogens with two attached hydrogens (primary N) is 1. The van der Waals surface area contributed by atoms with Crippen LogP contribution < -0.4 is 5.72 Å². The number of hydrogen-bond acceptors (Lipinski definition) is 3. The van der Waals surface area contributed by atoms with Gasteiger partial charge in [-0.05, 0) is 24.1 Å². The third-order valence-electron chi connectivity index (χ3n) is 1.65. The molecular formula is C9H11NO3.